The van der Waals surface area contributed by atoms with Crippen LogP contribution in [0.1, 0.15) is 46.9 Å². The summed E-state index contributed by atoms with van der Waals surface area (Å²) in [5.41, 5.74) is 8.65. The summed E-state index contributed by atoms with van der Waals surface area (Å²) < 4.78 is 7.34. The summed E-state index contributed by atoms with van der Waals surface area (Å²) in [5, 5.41) is 4.38. The lowest BCUT2D eigenvalue weighted by molar-refractivity contribution is 0.401. The third-order valence-corrected chi connectivity index (χ3v) is 4.53. The molecule has 1 atom stereocenters. The second-order valence-corrected chi connectivity index (χ2v) is 6.29. The van der Waals surface area contributed by atoms with Gasteiger partial charge in [0, 0.05) is 15.8 Å². The molecule has 0 aliphatic carbocycles. The van der Waals surface area contributed by atoms with Crippen LogP contribution >= 0.6 is 11.3 Å². The summed E-state index contributed by atoms with van der Waals surface area (Å²) in [5.74, 6) is 0.755. The van der Waals surface area contributed by atoms with Gasteiger partial charge < -0.3 is 10.5 Å². The largest absolute Gasteiger partial charge is 0.493 e. The summed E-state index contributed by atoms with van der Waals surface area (Å²) in [6.07, 6.45) is 1.74. The molecule has 0 amide bonds. The fourth-order valence-electron chi connectivity index (χ4n) is 2.11. The first-order valence-corrected chi connectivity index (χ1v) is 7.21. The number of thiophene rings is 1. The first-order valence-electron chi connectivity index (χ1n) is 6.39. The van der Waals surface area contributed by atoms with Crippen molar-refractivity contribution in [2.75, 3.05) is 7.11 Å². The quantitative estimate of drug-likeness (QED) is 0.935. The Morgan fingerprint density at radius 1 is 1.37 bits per heavy atom. The smallest absolute Gasteiger partial charge is 0.161 e. The Hall–Kier alpha value is -1.33. The maximum atomic E-state index is 6.43. The van der Waals surface area contributed by atoms with Gasteiger partial charge in [-0.15, -0.1) is 11.3 Å². The molecule has 19 heavy (non-hydrogen) atoms. The SMILES string of the molecule is COc1cnn(C(C)C)c1C(N)c1cc(C)c(C)s1. The predicted molar refractivity (Wildman–Crippen MR) is 79.0 cm³/mol. The summed E-state index contributed by atoms with van der Waals surface area (Å²) in [6, 6.07) is 2.21. The molecule has 0 spiro atoms. The third-order valence-electron chi connectivity index (χ3n) is 3.29. The molecule has 0 bridgehead atoms. The Bertz CT molecular complexity index is 552. The lowest BCUT2D eigenvalue weighted by atomic mass is 10.1. The van der Waals surface area contributed by atoms with Crippen LogP contribution in [0.4, 0.5) is 0 Å². The van der Waals surface area contributed by atoms with Gasteiger partial charge in [-0.2, -0.15) is 5.10 Å². The molecule has 0 saturated carbocycles. The number of hydrogen-bond donors (Lipinski definition) is 1. The number of nitrogens with zero attached hydrogens (tertiary/aromatic N) is 2. The lowest BCUT2D eigenvalue weighted by Crippen LogP contribution is -2.18. The van der Waals surface area contributed by atoms with E-state index in [0.29, 0.717) is 0 Å². The standard InChI is InChI=1S/C14H21N3OS/c1-8(2)17-14(11(18-5)7-16-17)13(15)12-6-9(3)10(4)19-12/h6-8,13H,15H2,1-5H3. The fraction of sp³-hybridized carbons (Fsp3) is 0.500. The molecule has 5 heteroatoms. The molecule has 2 rings (SSSR count). The van der Waals surface area contributed by atoms with Crippen LogP contribution in [0.3, 0.4) is 0 Å². The second kappa shape index (κ2) is 5.35. The van der Waals surface area contributed by atoms with Crippen LogP contribution in [0.15, 0.2) is 12.3 Å². The average Bonchev–Trinajstić information content (AvgIpc) is 2.93. The van der Waals surface area contributed by atoms with Crippen molar-refractivity contribution in [1.82, 2.24) is 9.78 Å². The number of aryl methyl sites for hydroxylation is 2. The van der Waals surface area contributed by atoms with Crippen LogP contribution in [0, 0.1) is 13.8 Å². The monoisotopic (exact) mass is 279 g/mol. The van der Waals surface area contributed by atoms with Crippen molar-refractivity contribution >= 4 is 11.3 Å². The maximum Gasteiger partial charge on any atom is 0.161 e. The Balaban J connectivity index is 2.47. The van der Waals surface area contributed by atoms with E-state index in [1.165, 1.54) is 10.4 Å². The van der Waals surface area contributed by atoms with Crippen molar-refractivity contribution in [3.05, 3.63) is 33.3 Å². The molecule has 0 aliphatic rings. The molecule has 4 nitrogen and oxygen atoms in total. The van der Waals surface area contributed by atoms with Crippen molar-refractivity contribution in [1.29, 1.82) is 0 Å². The van der Waals surface area contributed by atoms with E-state index in [2.05, 4.69) is 38.9 Å². The first-order chi connectivity index (χ1) is 8.95. The van der Waals surface area contributed by atoms with Gasteiger partial charge in [0.25, 0.3) is 0 Å². The minimum Gasteiger partial charge on any atom is -0.493 e. The van der Waals surface area contributed by atoms with Crippen molar-refractivity contribution in [2.24, 2.45) is 5.73 Å². The van der Waals surface area contributed by atoms with Gasteiger partial charge in [0.2, 0.25) is 0 Å². The highest BCUT2D eigenvalue weighted by Gasteiger charge is 2.23. The van der Waals surface area contributed by atoms with Gasteiger partial charge in [-0.25, -0.2) is 0 Å². The summed E-state index contributed by atoms with van der Waals surface area (Å²) >= 11 is 1.74. The van der Waals surface area contributed by atoms with Gasteiger partial charge in [0.15, 0.2) is 5.75 Å². The van der Waals surface area contributed by atoms with Crippen LogP contribution in [0.2, 0.25) is 0 Å². The highest BCUT2D eigenvalue weighted by atomic mass is 32.1. The molecular formula is C14H21N3OS. The van der Waals surface area contributed by atoms with Gasteiger partial charge in [0.1, 0.15) is 5.69 Å². The highest BCUT2D eigenvalue weighted by molar-refractivity contribution is 7.12. The van der Waals surface area contributed by atoms with E-state index in [1.807, 2.05) is 4.68 Å². The zero-order valence-electron chi connectivity index (χ0n) is 12.1. The van der Waals surface area contributed by atoms with Crippen LogP contribution < -0.4 is 10.5 Å². The van der Waals surface area contributed by atoms with E-state index in [-0.39, 0.29) is 12.1 Å². The van der Waals surface area contributed by atoms with Crippen molar-refractivity contribution in [2.45, 2.75) is 39.8 Å². The summed E-state index contributed by atoms with van der Waals surface area (Å²) in [4.78, 5) is 2.45. The molecule has 0 radical (unpaired) electrons. The molecule has 2 aromatic rings. The topological polar surface area (TPSA) is 53.1 Å². The molecule has 0 fully saturated rings. The third kappa shape index (κ3) is 2.53. The van der Waals surface area contributed by atoms with Crippen molar-refractivity contribution in [3.63, 3.8) is 0 Å². The number of methoxy groups -OCH3 is 1. The van der Waals surface area contributed by atoms with Crippen molar-refractivity contribution < 1.29 is 4.74 Å². The van der Waals surface area contributed by atoms with E-state index >= 15 is 0 Å². The number of nitrogens with two attached hydrogens (primary N) is 1. The molecule has 1 unspecified atom stereocenters. The van der Waals surface area contributed by atoms with Gasteiger partial charge in [-0.1, -0.05) is 0 Å². The van der Waals surface area contributed by atoms with E-state index < -0.39 is 0 Å². The normalized spacial score (nSPS) is 13.0. The highest BCUT2D eigenvalue weighted by Crippen LogP contribution is 2.34. The maximum absolute atomic E-state index is 6.43. The van der Waals surface area contributed by atoms with E-state index in [1.54, 1.807) is 24.6 Å². The zero-order chi connectivity index (χ0) is 14.2. The molecule has 2 N–H and O–H groups in total. The Kier molecular flexibility index (Phi) is 3.96. The molecule has 2 aromatic heterocycles. The van der Waals surface area contributed by atoms with Gasteiger partial charge in [-0.3, -0.25) is 4.68 Å². The number of aromatic nitrogens is 2. The molecule has 104 valence electrons. The average molecular weight is 279 g/mol. The fourth-order valence-corrected chi connectivity index (χ4v) is 3.16. The second-order valence-electron chi connectivity index (χ2n) is 5.00. The minimum absolute atomic E-state index is 0.197. The van der Waals surface area contributed by atoms with Crippen molar-refractivity contribution in [3.8, 4) is 5.75 Å². The summed E-state index contributed by atoms with van der Waals surface area (Å²) in [7, 11) is 1.66. The van der Waals surface area contributed by atoms with Crippen LogP contribution in [0.25, 0.3) is 0 Å². The Labute approximate surface area is 118 Å². The Morgan fingerprint density at radius 2 is 2.05 bits per heavy atom. The molecule has 2 heterocycles. The molecule has 0 aliphatic heterocycles. The number of ether oxygens (including phenoxy) is 1. The predicted octanol–water partition coefficient (Wildman–Crippen LogP) is 3.20. The summed E-state index contributed by atoms with van der Waals surface area (Å²) in [6.45, 7) is 8.41. The van der Waals surface area contributed by atoms with E-state index in [0.717, 1.165) is 16.3 Å². The molecule has 0 aromatic carbocycles. The Morgan fingerprint density at radius 3 is 2.53 bits per heavy atom. The van der Waals surface area contributed by atoms with E-state index in [4.69, 9.17) is 10.5 Å². The minimum atomic E-state index is -0.197. The van der Waals surface area contributed by atoms with Gasteiger partial charge in [-0.05, 0) is 39.3 Å². The number of rotatable bonds is 4. The van der Waals surface area contributed by atoms with Gasteiger partial charge in [0.05, 0.1) is 19.3 Å². The first kappa shape index (κ1) is 14.1. The van der Waals surface area contributed by atoms with Crippen LogP contribution in [-0.2, 0) is 0 Å². The van der Waals surface area contributed by atoms with E-state index in [9.17, 15) is 0 Å². The molecule has 0 saturated heterocycles. The lowest BCUT2D eigenvalue weighted by Gasteiger charge is -2.17. The van der Waals surface area contributed by atoms with Crippen LogP contribution in [-0.4, -0.2) is 16.9 Å². The van der Waals surface area contributed by atoms with Gasteiger partial charge >= 0.3 is 0 Å². The van der Waals surface area contributed by atoms with Crippen LogP contribution in [0.5, 0.6) is 5.75 Å². The zero-order valence-corrected chi connectivity index (χ0v) is 12.9. The number of hydrogen-bond acceptors (Lipinski definition) is 4. The molecular weight excluding hydrogens is 258 g/mol.